The van der Waals surface area contributed by atoms with E-state index >= 15 is 0 Å². The highest BCUT2D eigenvalue weighted by molar-refractivity contribution is 5.39. The minimum atomic E-state index is 0.515. The van der Waals surface area contributed by atoms with E-state index in [1.807, 2.05) is 5.57 Å². The summed E-state index contributed by atoms with van der Waals surface area (Å²) in [7, 11) is 0. The quantitative estimate of drug-likeness (QED) is 0.228. The van der Waals surface area contributed by atoms with Crippen molar-refractivity contribution in [2.24, 2.45) is 65.1 Å². The van der Waals surface area contributed by atoms with Gasteiger partial charge in [0.15, 0.2) is 0 Å². The molecule has 2 fully saturated rings. The van der Waals surface area contributed by atoms with Gasteiger partial charge >= 0.3 is 0 Å². The Morgan fingerprint density at radius 3 is 2.51 bits per heavy atom. The van der Waals surface area contributed by atoms with E-state index in [0.29, 0.717) is 29.7 Å². The first-order valence-electron chi connectivity index (χ1n) is 21.4. The molecule has 8 rings (SSSR count). The first-order valence-corrected chi connectivity index (χ1v) is 21.4. The lowest BCUT2D eigenvalue weighted by atomic mass is 9.60. The summed E-state index contributed by atoms with van der Waals surface area (Å²) in [5.74, 6) is 8.75. The molecule has 0 saturated heterocycles. The van der Waals surface area contributed by atoms with Crippen molar-refractivity contribution in [1.29, 1.82) is 0 Å². The Morgan fingerprint density at radius 1 is 0.735 bits per heavy atom. The Balaban J connectivity index is 0.972. The number of hydrogen-bond acceptors (Lipinski definition) is 2. The lowest BCUT2D eigenvalue weighted by Crippen LogP contribution is -2.39. The number of hydrogen-bond donors (Lipinski definition) is 2. The summed E-state index contributed by atoms with van der Waals surface area (Å²) >= 11 is 0. The molecule has 2 nitrogen and oxygen atoms in total. The van der Waals surface area contributed by atoms with Gasteiger partial charge in [-0.2, -0.15) is 0 Å². The van der Waals surface area contributed by atoms with E-state index in [1.54, 1.807) is 16.8 Å². The van der Waals surface area contributed by atoms with Crippen LogP contribution in [0.4, 0.5) is 0 Å². The van der Waals surface area contributed by atoms with Crippen molar-refractivity contribution in [3.63, 3.8) is 0 Å². The normalized spacial score (nSPS) is 38.8. The Morgan fingerprint density at radius 2 is 1.63 bits per heavy atom. The van der Waals surface area contributed by atoms with Crippen LogP contribution in [-0.4, -0.2) is 12.6 Å². The Kier molecular flexibility index (Phi) is 10.8. The van der Waals surface area contributed by atoms with Crippen molar-refractivity contribution in [2.45, 2.75) is 135 Å². The summed E-state index contributed by atoms with van der Waals surface area (Å²) in [4.78, 5) is 0. The topological polar surface area (TPSA) is 24.1 Å². The molecule has 8 aliphatic rings. The molecule has 0 aromatic heterocycles. The van der Waals surface area contributed by atoms with Crippen LogP contribution in [0.5, 0.6) is 0 Å². The van der Waals surface area contributed by atoms with Crippen LogP contribution >= 0.6 is 0 Å². The average molecular weight is 661 g/mol. The molecule has 0 amide bonds. The monoisotopic (exact) mass is 661 g/mol. The zero-order valence-corrected chi connectivity index (χ0v) is 31.1. The molecule has 2 N–H and O–H groups in total. The van der Waals surface area contributed by atoms with E-state index in [2.05, 4.69) is 85.4 Å². The second-order valence-electron chi connectivity index (χ2n) is 18.1. The largest absolute Gasteiger partial charge is 0.391 e. The molecule has 0 radical (unpaired) electrons. The second kappa shape index (κ2) is 15.6. The third-order valence-electron chi connectivity index (χ3n) is 15.4. The van der Waals surface area contributed by atoms with Gasteiger partial charge in [-0.05, 0) is 199 Å². The molecule has 7 aliphatic carbocycles. The van der Waals surface area contributed by atoms with Gasteiger partial charge in [0, 0.05) is 24.2 Å². The summed E-state index contributed by atoms with van der Waals surface area (Å²) in [5, 5.41) is 7.75. The maximum absolute atomic E-state index is 4.26. The maximum atomic E-state index is 4.26. The minimum Gasteiger partial charge on any atom is -0.391 e. The van der Waals surface area contributed by atoms with Gasteiger partial charge in [0.25, 0.3) is 0 Å². The minimum absolute atomic E-state index is 0.515. The molecule has 266 valence electrons. The lowest BCUT2D eigenvalue weighted by molar-refractivity contribution is 0.138. The van der Waals surface area contributed by atoms with E-state index < -0.39 is 0 Å². The molecule has 1 aliphatic heterocycles. The lowest BCUT2D eigenvalue weighted by Gasteiger charge is -2.44. The van der Waals surface area contributed by atoms with Crippen molar-refractivity contribution in [2.75, 3.05) is 6.54 Å². The molecule has 2 heteroatoms. The van der Waals surface area contributed by atoms with Gasteiger partial charge in [-0.15, -0.1) is 0 Å². The zero-order valence-electron chi connectivity index (χ0n) is 31.1. The number of allylic oxidation sites excluding steroid dienone is 11. The van der Waals surface area contributed by atoms with Crippen molar-refractivity contribution in [3.05, 3.63) is 83.3 Å². The van der Waals surface area contributed by atoms with Crippen LogP contribution in [0, 0.1) is 65.1 Å². The standard InChI is InChI=1S/C47H68N2/c1-32(41-26-27-43(40-28-29-48-31-40)46-16-8-7-15-45(41)46)18-25-42(33(2)49-47-17-9-13-36-11-5-6-14-44(36)47)37-22-19-35(20-23-37)39-24-21-34-10-3-4-12-38(34)30-39/h3,8,10,13,16,22,26-29,32-35,38-43,45-46,48-49H,4-7,9,11-12,14-15,17-21,23-25,30-31H2,1-2H3. The van der Waals surface area contributed by atoms with E-state index in [-0.39, 0.29) is 0 Å². The first-order chi connectivity index (χ1) is 24.1. The summed E-state index contributed by atoms with van der Waals surface area (Å²) in [6, 6.07) is 0.515. The van der Waals surface area contributed by atoms with Crippen molar-refractivity contribution >= 4 is 0 Å². The van der Waals surface area contributed by atoms with Crippen molar-refractivity contribution in [1.82, 2.24) is 10.6 Å². The summed E-state index contributed by atoms with van der Waals surface area (Å²) in [6.45, 7) is 6.29. The summed E-state index contributed by atoms with van der Waals surface area (Å²) in [6.07, 6.45) is 50.0. The predicted molar refractivity (Wildman–Crippen MR) is 208 cm³/mol. The average Bonchev–Trinajstić information content (AvgIpc) is 3.70. The van der Waals surface area contributed by atoms with Gasteiger partial charge in [-0.3, -0.25) is 0 Å². The second-order valence-corrected chi connectivity index (χ2v) is 18.1. The predicted octanol–water partition coefficient (Wildman–Crippen LogP) is 11.8. The molecule has 12 unspecified atom stereocenters. The third kappa shape index (κ3) is 7.42. The van der Waals surface area contributed by atoms with Gasteiger partial charge in [0.05, 0.1) is 0 Å². The molecule has 0 aromatic rings. The smallest absolute Gasteiger partial charge is 0.0295 e. The molecule has 0 bridgehead atoms. The van der Waals surface area contributed by atoms with Crippen LogP contribution < -0.4 is 10.6 Å². The van der Waals surface area contributed by atoms with Gasteiger partial charge in [0.2, 0.25) is 0 Å². The molecule has 0 aromatic carbocycles. The highest BCUT2D eigenvalue weighted by Gasteiger charge is 2.41. The molecular formula is C47H68N2. The number of rotatable bonds is 10. The Hall–Kier alpha value is -2.22. The SMILES string of the molecule is CC(CCC(C1=CCC(C2CCC3C=CCCC3C2)CC1)C(C)NC1=C2CCCCC2=CCC1)C1C=CC(C2C=CNC2)C2C=CCCC12. The van der Waals surface area contributed by atoms with E-state index in [9.17, 15) is 0 Å². The van der Waals surface area contributed by atoms with Gasteiger partial charge < -0.3 is 10.6 Å². The Labute approximate surface area is 300 Å². The highest BCUT2D eigenvalue weighted by atomic mass is 14.9. The molecular weight excluding hydrogens is 593 g/mol. The van der Waals surface area contributed by atoms with Gasteiger partial charge in [-0.1, -0.05) is 67.2 Å². The van der Waals surface area contributed by atoms with Gasteiger partial charge in [-0.25, -0.2) is 0 Å². The fourth-order valence-corrected chi connectivity index (χ4v) is 12.6. The van der Waals surface area contributed by atoms with Crippen LogP contribution in [0.25, 0.3) is 0 Å². The third-order valence-corrected chi connectivity index (χ3v) is 15.4. The molecule has 0 spiro atoms. The fraction of sp³-hybridized carbons (Fsp3) is 0.702. The number of fused-ring (bicyclic) bond motifs is 3. The fourth-order valence-electron chi connectivity index (χ4n) is 12.6. The zero-order chi connectivity index (χ0) is 33.2. The van der Waals surface area contributed by atoms with Crippen molar-refractivity contribution in [3.8, 4) is 0 Å². The first kappa shape index (κ1) is 33.9. The summed E-state index contributed by atoms with van der Waals surface area (Å²) in [5.41, 5.74) is 6.82. The molecule has 1 heterocycles. The van der Waals surface area contributed by atoms with E-state index in [0.717, 1.165) is 48.0 Å². The van der Waals surface area contributed by atoms with Crippen LogP contribution in [0.2, 0.25) is 0 Å². The van der Waals surface area contributed by atoms with Crippen LogP contribution in [0.15, 0.2) is 83.3 Å². The van der Waals surface area contributed by atoms with E-state index in [1.165, 1.54) is 116 Å². The highest BCUT2D eigenvalue weighted by Crippen LogP contribution is 2.49. The van der Waals surface area contributed by atoms with Crippen molar-refractivity contribution < 1.29 is 0 Å². The Bertz CT molecular complexity index is 1370. The number of nitrogens with one attached hydrogen (secondary N) is 2. The van der Waals surface area contributed by atoms with Crippen LogP contribution in [0.3, 0.4) is 0 Å². The molecule has 2 saturated carbocycles. The van der Waals surface area contributed by atoms with Crippen LogP contribution in [0.1, 0.15) is 129 Å². The molecule has 49 heavy (non-hydrogen) atoms. The van der Waals surface area contributed by atoms with Gasteiger partial charge in [0.1, 0.15) is 0 Å². The summed E-state index contributed by atoms with van der Waals surface area (Å²) < 4.78 is 0. The van der Waals surface area contributed by atoms with Crippen LogP contribution in [-0.2, 0) is 0 Å². The van der Waals surface area contributed by atoms with E-state index in [4.69, 9.17) is 0 Å². The molecule has 12 atom stereocenters. The maximum Gasteiger partial charge on any atom is 0.0295 e.